The lowest BCUT2D eigenvalue weighted by Gasteiger charge is -2.23. The van der Waals surface area contributed by atoms with Crippen LogP contribution in [0.25, 0.3) is 0 Å². The van der Waals surface area contributed by atoms with Gasteiger partial charge in [0.15, 0.2) is 5.78 Å². The molecule has 2 N–H and O–H groups in total. The van der Waals surface area contributed by atoms with E-state index < -0.39 is 45.6 Å². The lowest BCUT2D eigenvalue weighted by atomic mass is 10.1. The number of aromatic nitrogens is 1. The van der Waals surface area contributed by atoms with E-state index in [1.165, 1.54) is 23.2 Å². The summed E-state index contributed by atoms with van der Waals surface area (Å²) in [5.74, 6) is -0.419. The summed E-state index contributed by atoms with van der Waals surface area (Å²) in [5.41, 5.74) is 5.55. The van der Waals surface area contributed by atoms with Crippen LogP contribution in [0.15, 0.2) is 48.7 Å². The number of hydrogen-bond acceptors (Lipinski definition) is 8. The number of benzene rings is 1. The van der Waals surface area contributed by atoms with Crippen molar-refractivity contribution in [3.05, 3.63) is 59.9 Å². The quantitative estimate of drug-likeness (QED) is 0.618. The zero-order chi connectivity index (χ0) is 24.5. The Morgan fingerprint density at radius 2 is 1.85 bits per heavy atom. The smallest absolute Gasteiger partial charge is 0.409 e. The summed E-state index contributed by atoms with van der Waals surface area (Å²) in [7, 11) is -4.47. The van der Waals surface area contributed by atoms with Gasteiger partial charge in [-0.1, -0.05) is 18.2 Å². The van der Waals surface area contributed by atoms with Crippen LogP contribution in [0.1, 0.15) is 28.9 Å². The molecule has 2 saturated heterocycles. The fourth-order valence-electron chi connectivity index (χ4n) is 4.33. The van der Waals surface area contributed by atoms with Crippen LogP contribution in [0.5, 0.6) is 5.75 Å². The summed E-state index contributed by atoms with van der Waals surface area (Å²) in [6, 6.07) is 9.16. The maximum Gasteiger partial charge on any atom is 0.409 e. The molecule has 178 valence electrons. The van der Waals surface area contributed by atoms with Crippen LogP contribution in [-0.4, -0.2) is 70.7 Å². The second-order valence-corrected chi connectivity index (χ2v) is 9.76. The number of rotatable bonds is 6. The van der Waals surface area contributed by atoms with Crippen LogP contribution in [0.3, 0.4) is 0 Å². The van der Waals surface area contributed by atoms with E-state index in [1.54, 1.807) is 30.3 Å². The first-order chi connectivity index (χ1) is 16.2. The highest BCUT2D eigenvalue weighted by atomic mass is 32.2. The van der Waals surface area contributed by atoms with E-state index in [0.29, 0.717) is 6.42 Å². The Labute approximate surface area is 195 Å². The molecule has 2 aromatic rings. The number of primary amides is 1. The van der Waals surface area contributed by atoms with Crippen molar-refractivity contribution in [2.75, 3.05) is 13.1 Å². The highest BCUT2D eigenvalue weighted by Gasteiger charge is 2.54. The number of carbonyl (C=O) groups is 4. The predicted octanol–water partition coefficient (Wildman–Crippen LogP) is 0.496. The Kier molecular flexibility index (Phi) is 6.44. The van der Waals surface area contributed by atoms with Crippen molar-refractivity contribution in [1.29, 1.82) is 0 Å². The van der Waals surface area contributed by atoms with Crippen LogP contribution >= 0.6 is 0 Å². The van der Waals surface area contributed by atoms with Crippen molar-refractivity contribution in [3.8, 4) is 5.75 Å². The van der Waals surface area contributed by atoms with Crippen molar-refractivity contribution < 1.29 is 32.3 Å². The number of fused-ring (bicyclic) bond motifs is 1. The van der Waals surface area contributed by atoms with Gasteiger partial charge in [0.05, 0.1) is 12.6 Å². The van der Waals surface area contributed by atoms with Gasteiger partial charge in [-0.2, -0.15) is 4.31 Å². The molecular weight excluding hydrogens is 464 g/mol. The molecule has 0 radical (unpaired) electrons. The first kappa shape index (κ1) is 23.5. The third-order valence-electron chi connectivity index (χ3n) is 5.88. The Morgan fingerprint density at radius 1 is 1.12 bits per heavy atom. The molecule has 2 amide bonds. The van der Waals surface area contributed by atoms with Gasteiger partial charge in [0, 0.05) is 19.2 Å². The van der Waals surface area contributed by atoms with Crippen molar-refractivity contribution in [2.45, 2.75) is 31.3 Å². The average molecular weight is 487 g/mol. The minimum absolute atomic E-state index is 0.103. The van der Waals surface area contributed by atoms with E-state index in [-0.39, 0.29) is 36.7 Å². The lowest BCUT2D eigenvalue weighted by molar-refractivity contribution is -0.136. The maximum atomic E-state index is 12.9. The molecule has 0 spiro atoms. The summed E-state index contributed by atoms with van der Waals surface area (Å²) >= 11 is 0. The zero-order valence-corrected chi connectivity index (χ0v) is 18.8. The van der Waals surface area contributed by atoms with Crippen LogP contribution in [0, 0.1) is 0 Å². The van der Waals surface area contributed by atoms with Gasteiger partial charge in [0.25, 0.3) is 10.0 Å². The second-order valence-electron chi connectivity index (χ2n) is 7.97. The Balaban J connectivity index is 1.42. The molecule has 11 nitrogen and oxygen atoms in total. The molecule has 12 heteroatoms. The highest BCUT2D eigenvalue weighted by molar-refractivity contribution is 8.04. The number of aryl methyl sites for hydroxylation is 1. The van der Waals surface area contributed by atoms with Gasteiger partial charge in [0.1, 0.15) is 17.5 Å². The molecular formula is C22H22N4O7S. The van der Waals surface area contributed by atoms with Crippen molar-refractivity contribution in [1.82, 2.24) is 14.2 Å². The zero-order valence-electron chi connectivity index (χ0n) is 18.0. The molecule has 2 atom stereocenters. The topological polar surface area (TPSA) is 157 Å². The number of nitrogens with zero attached hydrogens (tertiary/aromatic N) is 3. The molecule has 0 bridgehead atoms. The Bertz CT molecular complexity index is 1230. The Hall–Kier alpha value is -3.64. The number of pyridine rings is 1. The van der Waals surface area contributed by atoms with E-state index >= 15 is 0 Å². The monoisotopic (exact) mass is 486 g/mol. The number of likely N-dealkylation sites (tertiary alicyclic amines) is 1. The third kappa shape index (κ3) is 4.54. The van der Waals surface area contributed by atoms with Crippen LogP contribution in [0.2, 0.25) is 0 Å². The molecule has 2 unspecified atom stereocenters. The summed E-state index contributed by atoms with van der Waals surface area (Å²) in [6.07, 6.45) is 1.13. The van der Waals surface area contributed by atoms with Gasteiger partial charge in [-0.05, 0) is 42.7 Å². The molecule has 4 rings (SSSR count). The normalized spacial score (nSPS) is 20.2. The molecule has 0 aliphatic carbocycles. The summed E-state index contributed by atoms with van der Waals surface area (Å²) < 4.78 is 31.6. The lowest BCUT2D eigenvalue weighted by Crippen LogP contribution is -2.44. The minimum Gasteiger partial charge on any atom is -0.411 e. The van der Waals surface area contributed by atoms with Crippen molar-refractivity contribution >= 4 is 32.9 Å². The fourth-order valence-corrected chi connectivity index (χ4v) is 5.80. The molecule has 2 aliphatic rings. The van der Waals surface area contributed by atoms with Gasteiger partial charge >= 0.3 is 11.2 Å². The average Bonchev–Trinajstić information content (AvgIpc) is 3.39. The molecule has 3 heterocycles. The van der Waals surface area contributed by atoms with Gasteiger partial charge in [-0.15, -0.1) is 0 Å². The number of ketones is 1. The second kappa shape index (κ2) is 9.31. The maximum absolute atomic E-state index is 12.9. The number of nitrogens with two attached hydrogens (primary N) is 1. The van der Waals surface area contributed by atoms with Gasteiger partial charge < -0.3 is 15.4 Å². The summed E-state index contributed by atoms with van der Waals surface area (Å²) in [5, 5.41) is -1.17. The molecule has 34 heavy (non-hydrogen) atoms. The van der Waals surface area contributed by atoms with Crippen molar-refractivity contribution in [2.24, 2.45) is 5.73 Å². The first-order valence-electron chi connectivity index (χ1n) is 10.5. The Morgan fingerprint density at radius 3 is 2.50 bits per heavy atom. The molecule has 1 aromatic heterocycles. The largest absolute Gasteiger partial charge is 0.411 e. The fraction of sp³-hybridized carbons (Fsp3) is 0.318. The van der Waals surface area contributed by atoms with Gasteiger partial charge in [-0.3, -0.25) is 19.4 Å². The highest BCUT2D eigenvalue weighted by Crippen LogP contribution is 2.33. The first-order valence-corrected chi connectivity index (χ1v) is 12.0. The number of ether oxygens (including phenoxy) is 1. The SMILES string of the molecule is NC(=O)Oc1ccc(CCC(=O)N2CCC3C2C(=O)CN3S(=O)(=O)C(=O)c2ccccn2)cc1. The molecule has 0 saturated carbocycles. The van der Waals surface area contributed by atoms with E-state index in [4.69, 9.17) is 10.5 Å². The number of amides is 2. The van der Waals surface area contributed by atoms with Crippen LogP contribution in [-0.2, 0) is 26.0 Å². The van der Waals surface area contributed by atoms with Crippen LogP contribution in [0.4, 0.5) is 4.79 Å². The molecule has 1 aromatic carbocycles. The number of carbonyl (C=O) groups excluding carboxylic acids is 4. The standard InChI is InChI=1S/C22H22N4O7S/c23-22(30)33-15-7-4-14(5-8-15)6-9-19(28)25-12-10-17-20(25)18(27)13-26(17)34(31,32)21(29)16-3-1-2-11-24-16/h1-5,7-8,11,17,20H,6,9-10,12-13H2,(H2,23,30). The van der Waals surface area contributed by atoms with Crippen molar-refractivity contribution in [3.63, 3.8) is 0 Å². The van der Waals surface area contributed by atoms with E-state index in [0.717, 1.165) is 9.87 Å². The van der Waals surface area contributed by atoms with E-state index in [1.807, 2.05) is 0 Å². The number of Topliss-reactive ketones (excluding diaryl/α,β-unsaturated/α-hetero) is 1. The van der Waals surface area contributed by atoms with Gasteiger partial charge in [0.2, 0.25) is 5.91 Å². The number of hydrogen-bond donors (Lipinski definition) is 1. The third-order valence-corrected chi connectivity index (χ3v) is 7.58. The van der Waals surface area contributed by atoms with Crippen LogP contribution < -0.4 is 10.5 Å². The number of sulfonamides is 1. The summed E-state index contributed by atoms with van der Waals surface area (Å²) in [6.45, 7) is -0.240. The molecule has 2 fully saturated rings. The predicted molar refractivity (Wildman–Crippen MR) is 118 cm³/mol. The van der Waals surface area contributed by atoms with E-state index in [2.05, 4.69) is 4.98 Å². The molecule has 2 aliphatic heterocycles. The minimum atomic E-state index is -4.47. The summed E-state index contributed by atoms with van der Waals surface area (Å²) in [4.78, 5) is 54.2. The van der Waals surface area contributed by atoms with E-state index in [9.17, 15) is 27.6 Å². The van der Waals surface area contributed by atoms with Gasteiger partial charge in [-0.25, -0.2) is 13.2 Å².